The lowest BCUT2D eigenvalue weighted by Gasteiger charge is -2.26. The van der Waals surface area contributed by atoms with E-state index in [4.69, 9.17) is 4.74 Å². The third kappa shape index (κ3) is 3.53. The molecule has 1 aromatic rings. The number of para-hydroxylation sites is 1. The number of carbonyl (C=O) groups excluding carboxylic acids is 2. The van der Waals surface area contributed by atoms with Crippen LogP contribution in [0.5, 0.6) is 5.75 Å². The quantitative estimate of drug-likeness (QED) is 0.808. The Morgan fingerprint density at radius 2 is 1.96 bits per heavy atom. The maximum atomic E-state index is 12.2. The molecule has 6 nitrogen and oxygen atoms in total. The van der Waals surface area contributed by atoms with Gasteiger partial charge < -0.3 is 10.1 Å². The summed E-state index contributed by atoms with van der Waals surface area (Å²) in [5.41, 5.74) is -0.794. The van der Waals surface area contributed by atoms with Crippen molar-refractivity contribution in [3.8, 4) is 5.75 Å². The van der Waals surface area contributed by atoms with E-state index in [0.29, 0.717) is 25.7 Å². The van der Waals surface area contributed by atoms with E-state index in [2.05, 4.69) is 10.2 Å². The van der Waals surface area contributed by atoms with Crippen LogP contribution in [-0.4, -0.2) is 59.6 Å². The van der Waals surface area contributed by atoms with Crippen molar-refractivity contribution >= 4 is 11.9 Å². The van der Waals surface area contributed by atoms with Gasteiger partial charge >= 0.3 is 6.03 Å². The maximum absolute atomic E-state index is 12.2. The van der Waals surface area contributed by atoms with Gasteiger partial charge in [0.2, 0.25) is 0 Å². The van der Waals surface area contributed by atoms with Gasteiger partial charge in [-0.05, 0) is 45.4 Å². The molecule has 0 radical (unpaired) electrons. The smallest absolute Gasteiger partial charge is 0.325 e. The van der Waals surface area contributed by atoms with Crippen molar-refractivity contribution in [2.75, 3.05) is 26.2 Å². The van der Waals surface area contributed by atoms with Crippen LogP contribution in [0.25, 0.3) is 0 Å². The van der Waals surface area contributed by atoms with Crippen LogP contribution < -0.4 is 10.1 Å². The summed E-state index contributed by atoms with van der Waals surface area (Å²) in [6.45, 7) is 6.21. The Hall–Kier alpha value is -2.08. The molecule has 24 heavy (non-hydrogen) atoms. The molecule has 0 bridgehead atoms. The molecule has 3 amide bonds. The van der Waals surface area contributed by atoms with Gasteiger partial charge in [0.15, 0.2) is 0 Å². The van der Waals surface area contributed by atoms with Crippen LogP contribution in [-0.2, 0) is 4.79 Å². The predicted octanol–water partition coefficient (Wildman–Crippen LogP) is 1.86. The van der Waals surface area contributed by atoms with Gasteiger partial charge in [0.25, 0.3) is 5.91 Å². The fraction of sp³-hybridized carbons (Fsp3) is 0.556. The summed E-state index contributed by atoms with van der Waals surface area (Å²) in [6, 6.07) is 9.83. The Labute approximate surface area is 142 Å². The largest absolute Gasteiger partial charge is 0.492 e. The summed E-state index contributed by atoms with van der Waals surface area (Å²) in [5.74, 6) is 0.726. The Kier molecular flexibility index (Phi) is 4.76. The number of nitrogens with zero attached hydrogens (tertiary/aromatic N) is 2. The van der Waals surface area contributed by atoms with Crippen molar-refractivity contribution < 1.29 is 14.3 Å². The van der Waals surface area contributed by atoms with E-state index in [9.17, 15) is 9.59 Å². The van der Waals surface area contributed by atoms with Crippen LogP contribution >= 0.6 is 0 Å². The number of carbonyl (C=O) groups is 2. The van der Waals surface area contributed by atoms with E-state index in [1.165, 1.54) is 4.90 Å². The number of nitrogens with one attached hydrogen (secondary N) is 1. The summed E-state index contributed by atoms with van der Waals surface area (Å²) in [6.07, 6.45) is 2.20. The van der Waals surface area contributed by atoms with E-state index in [-0.39, 0.29) is 11.9 Å². The highest BCUT2D eigenvalue weighted by molar-refractivity contribution is 6.06. The average molecular weight is 331 g/mol. The van der Waals surface area contributed by atoms with E-state index in [1.807, 2.05) is 30.3 Å². The summed E-state index contributed by atoms with van der Waals surface area (Å²) >= 11 is 0. The summed E-state index contributed by atoms with van der Waals surface area (Å²) in [5, 5.41) is 2.72. The highest BCUT2D eigenvalue weighted by Crippen LogP contribution is 2.21. The molecule has 2 saturated heterocycles. The first-order valence-electron chi connectivity index (χ1n) is 8.53. The van der Waals surface area contributed by atoms with Gasteiger partial charge in [-0.2, -0.15) is 0 Å². The zero-order chi connectivity index (χ0) is 17.2. The average Bonchev–Trinajstić information content (AvgIpc) is 3.07. The summed E-state index contributed by atoms with van der Waals surface area (Å²) < 4.78 is 5.87. The molecule has 1 N–H and O–H groups in total. The molecule has 2 aliphatic rings. The second-order valence-electron chi connectivity index (χ2n) is 6.97. The standard InChI is InChI=1S/C18H25N3O3/c1-18(2)16(22)21(17(23)19-18)12-11-20-10-6-7-14(20)13-24-15-8-4-3-5-9-15/h3-5,8-9,14H,6-7,10-13H2,1-2H3,(H,19,23)/t14-/m0/s1. The van der Waals surface area contributed by atoms with Crippen LogP contribution in [0.1, 0.15) is 26.7 Å². The molecular weight excluding hydrogens is 306 g/mol. The maximum Gasteiger partial charge on any atom is 0.325 e. The molecule has 2 fully saturated rings. The van der Waals surface area contributed by atoms with Crippen molar-refractivity contribution in [3.05, 3.63) is 30.3 Å². The van der Waals surface area contributed by atoms with Gasteiger partial charge in [-0.1, -0.05) is 18.2 Å². The number of ether oxygens (including phenoxy) is 1. The van der Waals surface area contributed by atoms with E-state index < -0.39 is 5.54 Å². The minimum atomic E-state index is -0.794. The van der Waals surface area contributed by atoms with Gasteiger partial charge in [0.1, 0.15) is 17.9 Å². The van der Waals surface area contributed by atoms with Crippen molar-refractivity contribution in [1.29, 1.82) is 0 Å². The molecule has 6 heteroatoms. The highest BCUT2D eigenvalue weighted by Gasteiger charge is 2.44. The fourth-order valence-corrected chi connectivity index (χ4v) is 3.34. The van der Waals surface area contributed by atoms with Crippen molar-refractivity contribution in [2.45, 2.75) is 38.3 Å². The summed E-state index contributed by atoms with van der Waals surface area (Å²) in [7, 11) is 0. The lowest BCUT2D eigenvalue weighted by molar-refractivity contribution is -0.130. The van der Waals surface area contributed by atoms with Crippen LogP contribution in [0.2, 0.25) is 0 Å². The number of urea groups is 1. The van der Waals surface area contributed by atoms with Crippen LogP contribution in [0.3, 0.4) is 0 Å². The molecule has 1 aromatic carbocycles. The van der Waals surface area contributed by atoms with Crippen LogP contribution in [0.4, 0.5) is 4.79 Å². The van der Waals surface area contributed by atoms with Crippen LogP contribution in [0, 0.1) is 0 Å². The Morgan fingerprint density at radius 3 is 2.62 bits per heavy atom. The first-order chi connectivity index (χ1) is 11.5. The normalized spacial score (nSPS) is 23.6. The monoisotopic (exact) mass is 331 g/mol. The number of hydrogen-bond acceptors (Lipinski definition) is 4. The molecule has 0 unspecified atom stereocenters. The lowest BCUT2D eigenvalue weighted by atomic mass is 10.1. The van der Waals surface area contributed by atoms with E-state index >= 15 is 0 Å². The van der Waals surface area contributed by atoms with Gasteiger partial charge in [-0.15, -0.1) is 0 Å². The van der Waals surface area contributed by atoms with Crippen molar-refractivity contribution in [1.82, 2.24) is 15.1 Å². The predicted molar refractivity (Wildman–Crippen MR) is 90.9 cm³/mol. The second-order valence-corrected chi connectivity index (χ2v) is 6.97. The summed E-state index contributed by atoms with van der Waals surface area (Å²) in [4.78, 5) is 27.8. The molecule has 3 rings (SSSR count). The third-order valence-corrected chi connectivity index (χ3v) is 4.74. The minimum absolute atomic E-state index is 0.149. The van der Waals surface area contributed by atoms with E-state index in [1.54, 1.807) is 13.8 Å². The van der Waals surface area contributed by atoms with Crippen molar-refractivity contribution in [2.24, 2.45) is 0 Å². The molecule has 1 atom stereocenters. The molecule has 2 aliphatic heterocycles. The third-order valence-electron chi connectivity index (χ3n) is 4.74. The number of likely N-dealkylation sites (tertiary alicyclic amines) is 1. The Morgan fingerprint density at radius 1 is 1.21 bits per heavy atom. The minimum Gasteiger partial charge on any atom is -0.492 e. The molecule has 0 aliphatic carbocycles. The topological polar surface area (TPSA) is 61.9 Å². The molecular formula is C18H25N3O3. The zero-order valence-corrected chi connectivity index (χ0v) is 14.3. The zero-order valence-electron chi connectivity index (χ0n) is 14.3. The number of benzene rings is 1. The highest BCUT2D eigenvalue weighted by atomic mass is 16.5. The van der Waals surface area contributed by atoms with Gasteiger partial charge in [-0.3, -0.25) is 14.6 Å². The first kappa shape index (κ1) is 16.8. The fourth-order valence-electron chi connectivity index (χ4n) is 3.34. The number of hydrogen-bond donors (Lipinski definition) is 1. The SMILES string of the molecule is CC1(C)NC(=O)N(CCN2CCC[C@H]2COc2ccccc2)C1=O. The van der Waals surface area contributed by atoms with Gasteiger partial charge in [0.05, 0.1) is 0 Å². The lowest BCUT2D eigenvalue weighted by Crippen LogP contribution is -2.43. The number of amides is 3. The van der Waals surface area contributed by atoms with Crippen molar-refractivity contribution in [3.63, 3.8) is 0 Å². The first-order valence-corrected chi connectivity index (χ1v) is 8.53. The molecule has 2 heterocycles. The van der Waals surface area contributed by atoms with E-state index in [0.717, 1.165) is 25.1 Å². The number of imide groups is 1. The van der Waals surface area contributed by atoms with Gasteiger partial charge in [-0.25, -0.2) is 4.79 Å². The van der Waals surface area contributed by atoms with Gasteiger partial charge in [0, 0.05) is 19.1 Å². The molecule has 0 saturated carbocycles. The number of rotatable bonds is 6. The molecule has 130 valence electrons. The Balaban J connectivity index is 1.51. The Bertz CT molecular complexity index is 603. The molecule has 0 spiro atoms. The second kappa shape index (κ2) is 6.81. The molecule has 0 aromatic heterocycles. The van der Waals surface area contributed by atoms with Crippen LogP contribution in [0.15, 0.2) is 30.3 Å².